The second kappa shape index (κ2) is 10.1. The van der Waals surface area contributed by atoms with Gasteiger partial charge in [0.05, 0.1) is 19.7 Å². The van der Waals surface area contributed by atoms with Crippen molar-refractivity contribution in [2.24, 2.45) is 0 Å². The molecule has 0 aliphatic carbocycles. The van der Waals surface area contributed by atoms with Gasteiger partial charge in [-0.1, -0.05) is 23.5 Å². The topological polar surface area (TPSA) is 84.4 Å². The van der Waals surface area contributed by atoms with Crippen LogP contribution in [0.5, 0.6) is 0 Å². The Hall–Kier alpha value is -2.39. The smallest absolute Gasteiger partial charge is 0.320 e. The van der Waals surface area contributed by atoms with Gasteiger partial charge >= 0.3 is 5.97 Å². The Morgan fingerprint density at radius 1 is 1.26 bits per heavy atom. The van der Waals surface area contributed by atoms with Gasteiger partial charge < -0.3 is 10.1 Å². The number of hydrogen-bond donors (Lipinski definition) is 1. The number of aromatic nitrogens is 2. The molecule has 0 spiro atoms. The van der Waals surface area contributed by atoms with Gasteiger partial charge in [-0.15, -0.1) is 10.2 Å². The maximum absolute atomic E-state index is 12.9. The fourth-order valence-corrected chi connectivity index (χ4v) is 3.02. The predicted octanol–water partition coefficient (Wildman–Crippen LogP) is 2.38. The lowest BCUT2D eigenvalue weighted by Crippen LogP contribution is -2.36. The lowest BCUT2D eigenvalue weighted by atomic mass is 10.2. The summed E-state index contributed by atoms with van der Waals surface area (Å²) in [6.07, 6.45) is 0. The molecule has 0 radical (unpaired) electrons. The Morgan fingerprint density at radius 2 is 1.96 bits per heavy atom. The highest BCUT2D eigenvalue weighted by Gasteiger charge is 2.19. The molecule has 7 nitrogen and oxygen atoms in total. The van der Waals surface area contributed by atoms with E-state index in [1.165, 1.54) is 23.5 Å². The zero-order chi connectivity index (χ0) is 19.8. The highest BCUT2D eigenvalue weighted by atomic mass is 32.1. The van der Waals surface area contributed by atoms with E-state index in [1.807, 2.05) is 18.7 Å². The lowest BCUT2D eigenvalue weighted by Gasteiger charge is -2.23. The first-order chi connectivity index (χ1) is 12.9. The van der Waals surface area contributed by atoms with Crippen LogP contribution in [-0.4, -0.2) is 46.2 Å². The van der Waals surface area contributed by atoms with Crippen LogP contribution in [0.3, 0.4) is 0 Å². The van der Waals surface area contributed by atoms with Gasteiger partial charge in [0.15, 0.2) is 0 Å². The van der Waals surface area contributed by atoms with Gasteiger partial charge in [0.1, 0.15) is 10.8 Å². The molecule has 1 amide bonds. The first-order valence-corrected chi connectivity index (χ1v) is 9.45. The van der Waals surface area contributed by atoms with E-state index in [4.69, 9.17) is 4.74 Å². The monoisotopic (exact) mass is 394 g/mol. The van der Waals surface area contributed by atoms with Gasteiger partial charge in [-0.3, -0.25) is 14.5 Å². The maximum Gasteiger partial charge on any atom is 0.320 e. The second-order valence-electron chi connectivity index (χ2n) is 6.11. The van der Waals surface area contributed by atoms with E-state index in [2.05, 4.69) is 15.5 Å². The van der Waals surface area contributed by atoms with Crippen LogP contribution in [0.1, 0.15) is 41.1 Å². The van der Waals surface area contributed by atoms with E-state index >= 15 is 0 Å². The third-order valence-corrected chi connectivity index (χ3v) is 4.64. The number of ether oxygens (including phenoxy) is 1. The average molecular weight is 394 g/mol. The quantitative estimate of drug-likeness (QED) is 0.658. The summed E-state index contributed by atoms with van der Waals surface area (Å²) in [5, 5.41) is 11.6. The summed E-state index contributed by atoms with van der Waals surface area (Å²) in [4.78, 5) is 25.8. The zero-order valence-corrected chi connectivity index (χ0v) is 16.4. The zero-order valence-electron chi connectivity index (χ0n) is 15.6. The number of halogens is 1. The standard InChI is InChI=1S/C18H23FN4O3S/c1-4-26-16(24)11-23(12(2)3)10-15-21-22-18(27-15)17(25)20-9-13-5-7-14(19)8-6-13/h5-8,12H,4,9-11H2,1-3H3,(H,20,25). The number of benzene rings is 1. The van der Waals surface area contributed by atoms with Gasteiger partial charge in [0.2, 0.25) is 5.01 Å². The molecule has 0 aliphatic heterocycles. The van der Waals surface area contributed by atoms with E-state index in [1.54, 1.807) is 19.1 Å². The van der Waals surface area contributed by atoms with E-state index in [0.717, 1.165) is 5.56 Å². The van der Waals surface area contributed by atoms with Gasteiger partial charge in [0, 0.05) is 12.6 Å². The molecule has 2 aromatic rings. The maximum atomic E-state index is 12.9. The third kappa shape index (κ3) is 6.69. The largest absolute Gasteiger partial charge is 0.465 e. The third-order valence-electron chi connectivity index (χ3n) is 3.73. The lowest BCUT2D eigenvalue weighted by molar-refractivity contribution is -0.145. The number of esters is 1. The van der Waals surface area contributed by atoms with E-state index in [-0.39, 0.29) is 41.8 Å². The Kier molecular flexibility index (Phi) is 7.81. The molecule has 1 aromatic carbocycles. The molecule has 0 saturated heterocycles. The summed E-state index contributed by atoms with van der Waals surface area (Å²) < 4.78 is 17.9. The van der Waals surface area contributed by atoms with Gasteiger partial charge in [-0.2, -0.15) is 0 Å². The number of nitrogens with zero attached hydrogens (tertiary/aromatic N) is 3. The van der Waals surface area contributed by atoms with Crippen LogP contribution in [-0.2, 0) is 22.6 Å². The molecule has 27 heavy (non-hydrogen) atoms. The van der Waals surface area contributed by atoms with Crippen molar-refractivity contribution in [3.05, 3.63) is 45.7 Å². The molecular weight excluding hydrogens is 371 g/mol. The summed E-state index contributed by atoms with van der Waals surface area (Å²) >= 11 is 1.18. The molecule has 1 aromatic heterocycles. The molecule has 0 atom stereocenters. The normalized spacial score (nSPS) is 11.0. The summed E-state index contributed by atoms with van der Waals surface area (Å²) in [7, 11) is 0. The Morgan fingerprint density at radius 3 is 2.59 bits per heavy atom. The predicted molar refractivity (Wildman–Crippen MR) is 99.7 cm³/mol. The van der Waals surface area contributed by atoms with Crippen LogP contribution in [0.15, 0.2) is 24.3 Å². The number of nitrogens with one attached hydrogen (secondary N) is 1. The minimum Gasteiger partial charge on any atom is -0.465 e. The molecule has 0 fully saturated rings. The Balaban J connectivity index is 1.92. The van der Waals surface area contributed by atoms with Gasteiger partial charge in [-0.05, 0) is 38.5 Å². The highest BCUT2D eigenvalue weighted by molar-refractivity contribution is 7.13. The van der Waals surface area contributed by atoms with Crippen molar-refractivity contribution in [3.8, 4) is 0 Å². The fourth-order valence-electron chi connectivity index (χ4n) is 2.24. The van der Waals surface area contributed by atoms with Crippen molar-refractivity contribution in [1.29, 1.82) is 0 Å². The molecule has 1 heterocycles. The molecule has 0 unspecified atom stereocenters. The number of carbonyl (C=O) groups excluding carboxylic acids is 2. The van der Waals surface area contributed by atoms with Crippen molar-refractivity contribution < 1.29 is 18.7 Å². The molecule has 2 rings (SSSR count). The summed E-state index contributed by atoms with van der Waals surface area (Å²) in [5.41, 5.74) is 0.787. The van der Waals surface area contributed by atoms with Crippen molar-refractivity contribution in [2.75, 3.05) is 13.2 Å². The number of hydrogen-bond acceptors (Lipinski definition) is 7. The minimum atomic E-state index is -0.343. The first kappa shape index (κ1) is 20.9. The fraction of sp³-hybridized carbons (Fsp3) is 0.444. The summed E-state index contributed by atoms with van der Waals surface area (Å²) in [6, 6.07) is 6.01. The van der Waals surface area contributed by atoms with Crippen LogP contribution >= 0.6 is 11.3 Å². The van der Waals surface area contributed by atoms with Crippen LogP contribution in [0.2, 0.25) is 0 Å². The average Bonchev–Trinajstić information content (AvgIpc) is 3.09. The van der Waals surface area contributed by atoms with Crippen LogP contribution < -0.4 is 5.32 Å². The van der Waals surface area contributed by atoms with E-state index < -0.39 is 0 Å². The van der Waals surface area contributed by atoms with E-state index in [9.17, 15) is 14.0 Å². The van der Waals surface area contributed by atoms with Crippen molar-refractivity contribution in [1.82, 2.24) is 20.4 Å². The Bertz CT molecular complexity index is 764. The summed E-state index contributed by atoms with van der Waals surface area (Å²) in [6.45, 7) is 6.86. The second-order valence-corrected chi connectivity index (χ2v) is 7.18. The molecule has 1 N–H and O–H groups in total. The summed E-state index contributed by atoms with van der Waals surface area (Å²) in [5.74, 6) is -0.964. The molecule has 0 aliphatic rings. The molecule has 0 saturated carbocycles. The van der Waals surface area contributed by atoms with Gasteiger partial charge in [-0.25, -0.2) is 4.39 Å². The Labute approximate surface area is 161 Å². The molecule has 0 bridgehead atoms. The SMILES string of the molecule is CCOC(=O)CN(Cc1nnc(C(=O)NCc2ccc(F)cc2)s1)C(C)C. The van der Waals surface area contributed by atoms with Gasteiger partial charge in [0.25, 0.3) is 5.91 Å². The van der Waals surface area contributed by atoms with Crippen LogP contribution in [0, 0.1) is 5.82 Å². The molecule has 146 valence electrons. The van der Waals surface area contributed by atoms with Crippen molar-refractivity contribution >= 4 is 23.2 Å². The number of rotatable bonds is 9. The van der Waals surface area contributed by atoms with Crippen molar-refractivity contribution in [2.45, 2.75) is 39.9 Å². The van der Waals surface area contributed by atoms with Crippen LogP contribution in [0.4, 0.5) is 4.39 Å². The highest BCUT2D eigenvalue weighted by Crippen LogP contribution is 2.14. The minimum absolute atomic E-state index is 0.106. The number of carbonyl (C=O) groups is 2. The van der Waals surface area contributed by atoms with E-state index in [0.29, 0.717) is 18.2 Å². The van der Waals surface area contributed by atoms with Crippen LogP contribution in [0.25, 0.3) is 0 Å². The molecule has 9 heteroatoms. The molecular formula is C18H23FN4O3S. The van der Waals surface area contributed by atoms with Crippen molar-refractivity contribution in [3.63, 3.8) is 0 Å². The number of amides is 1. The first-order valence-electron chi connectivity index (χ1n) is 8.63.